The van der Waals surface area contributed by atoms with Crippen molar-refractivity contribution in [2.45, 2.75) is 27.4 Å². The molecule has 2 aromatic carbocycles. The maximum Gasteiger partial charge on any atom is 0.411 e. The van der Waals surface area contributed by atoms with Gasteiger partial charge in [-0.1, -0.05) is 17.7 Å². The first-order valence-corrected chi connectivity index (χ1v) is 7.84. The predicted molar refractivity (Wildman–Crippen MR) is 93.9 cm³/mol. The number of ether oxygens (including phenoxy) is 3. The van der Waals surface area contributed by atoms with E-state index in [1.807, 2.05) is 38.1 Å². The van der Waals surface area contributed by atoms with Gasteiger partial charge in [-0.05, 0) is 44.5 Å². The van der Waals surface area contributed by atoms with Gasteiger partial charge in [0.25, 0.3) is 0 Å². The van der Waals surface area contributed by atoms with E-state index in [2.05, 4.69) is 11.4 Å². The van der Waals surface area contributed by atoms with Crippen molar-refractivity contribution in [1.29, 1.82) is 0 Å². The molecule has 0 spiro atoms. The fourth-order valence-corrected chi connectivity index (χ4v) is 2.32. The van der Waals surface area contributed by atoms with Crippen molar-refractivity contribution in [3.8, 4) is 11.5 Å². The number of aryl methyl sites for hydroxylation is 2. The van der Waals surface area contributed by atoms with Crippen LogP contribution in [0.4, 0.5) is 10.5 Å². The fourth-order valence-electron chi connectivity index (χ4n) is 2.32. The highest BCUT2D eigenvalue weighted by Gasteiger charge is 2.10. The number of amides is 1. The third kappa shape index (κ3) is 4.65. The quantitative estimate of drug-likeness (QED) is 0.850. The van der Waals surface area contributed by atoms with Gasteiger partial charge in [0.15, 0.2) is 0 Å². The monoisotopic (exact) mass is 329 g/mol. The Labute approximate surface area is 142 Å². The zero-order chi connectivity index (χ0) is 17.5. The van der Waals surface area contributed by atoms with E-state index in [1.54, 1.807) is 20.1 Å². The smallest absolute Gasteiger partial charge is 0.411 e. The Hall–Kier alpha value is -2.69. The molecule has 0 aliphatic rings. The van der Waals surface area contributed by atoms with Crippen LogP contribution in [0.1, 0.15) is 23.6 Å². The van der Waals surface area contributed by atoms with Gasteiger partial charge in [0.1, 0.15) is 18.1 Å². The van der Waals surface area contributed by atoms with Crippen LogP contribution in [0.5, 0.6) is 11.5 Å². The lowest BCUT2D eigenvalue weighted by Crippen LogP contribution is -2.15. The van der Waals surface area contributed by atoms with Gasteiger partial charge in [-0.25, -0.2) is 4.79 Å². The summed E-state index contributed by atoms with van der Waals surface area (Å²) in [6.45, 7) is 6.45. The molecule has 0 unspecified atom stereocenters. The Balaban J connectivity index is 2.17. The number of rotatable bonds is 6. The van der Waals surface area contributed by atoms with Gasteiger partial charge in [-0.3, -0.25) is 5.32 Å². The van der Waals surface area contributed by atoms with E-state index in [0.717, 1.165) is 16.9 Å². The molecule has 0 atom stereocenters. The molecular formula is C19H23NO4. The Kier molecular flexibility index (Phi) is 6.07. The minimum Gasteiger partial charge on any atom is -0.497 e. The second-order valence-electron chi connectivity index (χ2n) is 5.43. The van der Waals surface area contributed by atoms with Gasteiger partial charge < -0.3 is 14.2 Å². The molecule has 24 heavy (non-hydrogen) atoms. The number of hydrogen-bond acceptors (Lipinski definition) is 4. The summed E-state index contributed by atoms with van der Waals surface area (Å²) in [7, 11) is 1.58. The first kappa shape index (κ1) is 17.7. The largest absolute Gasteiger partial charge is 0.497 e. The zero-order valence-corrected chi connectivity index (χ0v) is 14.5. The van der Waals surface area contributed by atoms with E-state index in [9.17, 15) is 4.79 Å². The van der Waals surface area contributed by atoms with Crippen molar-refractivity contribution in [1.82, 2.24) is 0 Å². The number of carbonyl (C=O) groups excluding carboxylic acids is 1. The molecule has 1 amide bonds. The Bertz CT molecular complexity index is 713. The summed E-state index contributed by atoms with van der Waals surface area (Å²) < 4.78 is 16.1. The van der Waals surface area contributed by atoms with Crippen molar-refractivity contribution in [3.05, 3.63) is 53.1 Å². The van der Waals surface area contributed by atoms with E-state index in [-0.39, 0.29) is 0 Å². The molecule has 0 bridgehead atoms. The molecule has 2 rings (SSSR count). The molecule has 0 saturated heterocycles. The van der Waals surface area contributed by atoms with Gasteiger partial charge in [0, 0.05) is 11.6 Å². The summed E-state index contributed by atoms with van der Waals surface area (Å²) in [6.07, 6.45) is -0.501. The van der Waals surface area contributed by atoms with E-state index < -0.39 is 6.09 Å². The van der Waals surface area contributed by atoms with Crippen LogP contribution in [0.15, 0.2) is 36.4 Å². The molecule has 0 fully saturated rings. The zero-order valence-electron chi connectivity index (χ0n) is 14.5. The minimum atomic E-state index is -0.501. The molecule has 0 aliphatic heterocycles. The van der Waals surface area contributed by atoms with Gasteiger partial charge in [0.05, 0.1) is 19.4 Å². The second-order valence-corrected chi connectivity index (χ2v) is 5.43. The van der Waals surface area contributed by atoms with Crippen molar-refractivity contribution in [2.75, 3.05) is 19.0 Å². The number of methoxy groups -OCH3 is 1. The molecular weight excluding hydrogens is 306 g/mol. The van der Waals surface area contributed by atoms with Crippen LogP contribution in [-0.4, -0.2) is 19.8 Å². The highest BCUT2D eigenvalue weighted by Crippen LogP contribution is 2.26. The number of nitrogens with one attached hydrogen (secondary N) is 1. The number of anilines is 1. The average molecular weight is 329 g/mol. The number of hydrogen-bond donors (Lipinski definition) is 1. The van der Waals surface area contributed by atoms with E-state index >= 15 is 0 Å². The lowest BCUT2D eigenvalue weighted by atomic mass is 10.1. The SMILES string of the molecule is CCOC(=O)Nc1cc(OC)ccc1COc1ccc(C)cc1C. The van der Waals surface area contributed by atoms with Gasteiger partial charge in [0.2, 0.25) is 0 Å². The summed E-state index contributed by atoms with van der Waals surface area (Å²) in [4.78, 5) is 11.7. The molecule has 0 aliphatic carbocycles. The lowest BCUT2D eigenvalue weighted by molar-refractivity contribution is 0.168. The Morgan fingerprint density at radius 2 is 1.92 bits per heavy atom. The van der Waals surface area contributed by atoms with E-state index in [1.165, 1.54) is 5.56 Å². The highest BCUT2D eigenvalue weighted by molar-refractivity contribution is 5.86. The molecule has 5 nitrogen and oxygen atoms in total. The van der Waals surface area contributed by atoms with Crippen molar-refractivity contribution in [2.24, 2.45) is 0 Å². The van der Waals surface area contributed by atoms with Gasteiger partial charge in [-0.15, -0.1) is 0 Å². The molecule has 128 valence electrons. The topological polar surface area (TPSA) is 56.8 Å². The minimum absolute atomic E-state index is 0.310. The van der Waals surface area contributed by atoms with E-state index in [0.29, 0.717) is 24.7 Å². The van der Waals surface area contributed by atoms with Crippen LogP contribution in [0.25, 0.3) is 0 Å². The third-order valence-corrected chi connectivity index (χ3v) is 3.54. The molecule has 0 radical (unpaired) electrons. The van der Waals surface area contributed by atoms with Crippen LogP contribution in [0.3, 0.4) is 0 Å². The summed E-state index contributed by atoms with van der Waals surface area (Å²) in [5.41, 5.74) is 3.71. The van der Waals surface area contributed by atoms with Crippen molar-refractivity contribution >= 4 is 11.8 Å². The average Bonchev–Trinajstić information content (AvgIpc) is 2.55. The van der Waals surface area contributed by atoms with Crippen molar-refractivity contribution < 1.29 is 19.0 Å². The first-order chi connectivity index (χ1) is 11.5. The fraction of sp³-hybridized carbons (Fsp3) is 0.316. The molecule has 0 aromatic heterocycles. The highest BCUT2D eigenvalue weighted by atomic mass is 16.5. The van der Waals surface area contributed by atoms with Crippen LogP contribution in [0, 0.1) is 13.8 Å². The molecule has 2 aromatic rings. The van der Waals surface area contributed by atoms with Crippen molar-refractivity contribution in [3.63, 3.8) is 0 Å². The molecule has 0 saturated carbocycles. The maximum atomic E-state index is 11.7. The summed E-state index contributed by atoms with van der Waals surface area (Å²) >= 11 is 0. The summed E-state index contributed by atoms with van der Waals surface area (Å²) in [5, 5.41) is 2.73. The lowest BCUT2D eigenvalue weighted by Gasteiger charge is -2.14. The van der Waals surface area contributed by atoms with E-state index in [4.69, 9.17) is 14.2 Å². The molecule has 0 heterocycles. The molecule has 5 heteroatoms. The van der Waals surface area contributed by atoms with Crippen LogP contribution < -0.4 is 14.8 Å². The third-order valence-electron chi connectivity index (χ3n) is 3.54. The first-order valence-electron chi connectivity index (χ1n) is 7.84. The summed E-state index contributed by atoms with van der Waals surface area (Å²) in [6, 6.07) is 11.5. The summed E-state index contributed by atoms with van der Waals surface area (Å²) in [5.74, 6) is 1.47. The Morgan fingerprint density at radius 1 is 1.12 bits per heavy atom. The normalized spacial score (nSPS) is 10.2. The molecule has 1 N–H and O–H groups in total. The standard InChI is InChI=1S/C19H23NO4/c1-5-23-19(21)20-17-11-16(22-4)8-7-15(17)12-24-18-9-6-13(2)10-14(18)3/h6-11H,5,12H2,1-4H3,(H,20,21). The predicted octanol–water partition coefficient (Wildman–Crippen LogP) is 4.46. The number of carbonyl (C=O) groups is 1. The van der Waals surface area contributed by atoms with Crippen LogP contribution in [0.2, 0.25) is 0 Å². The second kappa shape index (κ2) is 8.24. The van der Waals surface area contributed by atoms with Crippen LogP contribution in [-0.2, 0) is 11.3 Å². The van der Waals surface area contributed by atoms with Gasteiger partial charge in [-0.2, -0.15) is 0 Å². The van der Waals surface area contributed by atoms with Gasteiger partial charge >= 0.3 is 6.09 Å². The Morgan fingerprint density at radius 3 is 2.58 bits per heavy atom. The van der Waals surface area contributed by atoms with Crippen LogP contribution >= 0.6 is 0 Å². The maximum absolute atomic E-state index is 11.7. The number of benzene rings is 2.